The van der Waals surface area contributed by atoms with Gasteiger partial charge in [0.2, 0.25) is 0 Å². The van der Waals surface area contributed by atoms with Crippen LogP contribution in [0.25, 0.3) is 0 Å². The number of carbonyl (C=O) groups is 2. The number of rotatable bonds is 4. The van der Waals surface area contributed by atoms with E-state index in [4.69, 9.17) is 14.6 Å². The van der Waals surface area contributed by atoms with Crippen molar-refractivity contribution < 1.29 is 32.6 Å². The Morgan fingerprint density at radius 2 is 2.06 bits per heavy atom. The molecule has 0 aromatic carbocycles. The van der Waals surface area contributed by atoms with Crippen molar-refractivity contribution in [3.63, 3.8) is 0 Å². The van der Waals surface area contributed by atoms with Crippen molar-refractivity contribution >= 4 is 23.2 Å². The van der Waals surface area contributed by atoms with Gasteiger partial charge in [0, 0.05) is 57.0 Å². The molecule has 0 saturated carbocycles. The van der Waals surface area contributed by atoms with Gasteiger partial charge in [-0.1, -0.05) is 6.07 Å². The third-order valence-electron chi connectivity index (χ3n) is 5.64. The van der Waals surface area contributed by atoms with Crippen LogP contribution in [0.15, 0.2) is 41.4 Å². The Kier molecular flexibility index (Phi) is 7.86. The summed E-state index contributed by atoms with van der Waals surface area (Å²) >= 11 is 1.57. The summed E-state index contributed by atoms with van der Waals surface area (Å²) in [5, 5.41) is 11.0. The number of likely N-dealkylation sites (tertiary alicyclic amines) is 2. The number of aliphatic carboxylic acids is 1. The zero-order chi connectivity index (χ0) is 23.3. The topological polar surface area (TPSA) is 83.0 Å². The fourth-order valence-corrected chi connectivity index (χ4v) is 4.84. The summed E-state index contributed by atoms with van der Waals surface area (Å²) in [4.78, 5) is 30.5. The number of carbonyl (C=O) groups excluding carboxylic acids is 1. The second-order valence-corrected chi connectivity index (χ2v) is 8.44. The lowest BCUT2D eigenvalue weighted by atomic mass is 9.88. The number of pyridine rings is 1. The van der Waals surface area contributed by atoms with Gasteiger partial charge < -0.3 is 14.7 Å². The van der Waals surface area contributed by atoms with Crippen molar-refractivity contribution in [1.29, 1.82) is 0 Å². The van der Waals surface area contributed by atoms with Crippen LogP contribution in [-0.4, -0.2) is 76.8 Å². The fraction of sp³-hybridized carbons (Fsp3) is 0.476. The average Bonchev–Trinajstić information content (AvgIpc) is 3.43. The number of alkyl halides is 3. The van der Waals surface area contributed by atoms with Crippen LogP contribution < -0.4 is 0 Å². The van der Waals surface area contributed by atoms with Crippen LogP contribution in [0.1, 0.15) is 22.3 Å². The van der Waals surface area contributed by atoms with E-state index in [2.05, 4.69) is 20.9 Å². The molecule has 7 nitrogen and oxygen atoms in total. The van der Waals surface area contributed by atoms with E-state index in [0.717, 1.165) is 38.2 Å². The molecule has 4 heterocycles. The molecule has 2 fully saturated rings. The minimum atomic E-state index is -5.08. The van der Waals surface area contributed by atoms with Crippen LogP contribution in [0.3, 0.4) is 0 Å². The highest BCUT2D eigenvalue weighted by atomic mass is 32.1. The molecule has 2 aliphatic rings. The molecule has 2 saturated heterocycles. The molecule has 1 N–H and O–H groups in total. The van der Waals surface area contributed by atoms with Gasteiger partial charge in [0.05, 0.1) is 17.7 Å². The molecule has 2 aromatic rings. The van der Waals surface area contributed by atoms with Gasteiger partial charge in [0.1, 0.15) is 0 Å². The van der Waals surface area contributed by atoms with Gasteiger partial charge in [-0.3, -0.25) is 14.7 Å². The van der Waals surface area contributed by atoms with Crippen LogP contribution in [0, 0.1) is 5.92 Å². The number of piperidine rings is 1. The zero-order valence-electron chi connectivity index (χ0n) is 17.4. The highest BCUT2D eigenvalue weighted by Crippen LogP contribution is 2.34. The maximum Gasteiger partial charge on any atom is 0.490 e. The number of ether oxygens (including phenoxy) is 1. The molecule has 32 heavy (non-hydrogen) atoms. The molecule has 11 heteroatoms. The number of amides is 1. The lowest BCUT2D eigenvalue weighted by molar-refractivity contribution is -0.192. The monoisotopic (exact) mass is 471 g/mol. The summed E-state index contributed by atoms with van der Waals surface area (Å²) in [5.74, 6) is -2.22. The van der Waals surface area contributed by atoms with Crippen molar-refractivity contribution in [3.05, 3.63) is 52.5 Å². The van der Waals surface area contributed by atoms with Gasteiger partial charge in [-0.25, -0.2) is 4.79 Å². The number of nitrogens with zero attached hydrogens (tertiary/aromatic N) is 3. The third kappa shape index (κ3) is 5.84. The lowest BCUT2D eigenvalue weighted by Crippen LogP contribution is -2.53. The second-order valence-electron chi connectivity index (χ2n) is 7.66. The minimum Gasteiger partial charge on any atom is -0.475 e. The Morgan fingerprint density at radius 1 is 1.31 bits per heavy atom. The number of thiophene rings is 1. The number of methoxy groups -OCH3 is 1. The number of fused-ring (bicyclic) bond motifs is 1. The number of aromatic nitrogens is 1. The first-order valence-electron chi connectivity index (χ1n) is 9.98. The quantitative estimate of drug-likeness (QED) is 0.738. The summed E-state index contributed by atoms with van der Waals surface area (Å²) in [6, 6.07) is 6.23. The Bertz CT molecular complexity index is 895. The molecule has 0 bridgehead atoms. The largest absolute Gasteiger partial charge is 0.490 e. The average molecular weight is 472 g/mol. The van der Waals surface area contributed by atoms with E-state index in [9.17, 15) is 18.0 Å². The normalized spacial score (nSPS) is 23.2. The molecular formula is C21H24F3N3O4S. The smallest absolute Gasteiger partial charge is 0.475 e. The molecule has 0 spiro atoms. The third-order valence-corrected chi connectivity index (χ3v) is 6.33. The zero-order valence-corrected chi connectivity index (χ0v) is 18.2. The highest BCUT2D eigenvalue weighted by Gasteiger charge is 2.46. The molecule has 4 rings (SSSR count). The van der Waals surface area contributed by atoms with Crippen molar-refractivity contribution in [2.45, 2.75) is 31.3 Å². The summed E-state index contributed by atoms with van der Waals surface area (Å²) in [6.07, 6.45) is -0.219. The molecule has 3 atom stereocenters. The van der Waals surface area contributed by atoms with Crippen LogP contribution in [0.4, 0.5) is 13.2 Å². The van der Waals surface area contributed by atoms with Gasteiger partial charge in [0.15, 0.2) is 0 Å². The number of halogens is 3. The molecule has 1 amide bonds. The standard InChI is InChI=1S/C19H23N3O2S.C2HF3O2/c1-24-18-4-7-22(19(23)15-5-8-25-13-15)17-12-21(11-16(17)18)10-14-3-2-6-20-9-14;3-2(4,5)1(6)7/h2-3,5-6,8-9,13,16-18H,4,7,10-12H2,1H3;(H,6,7)/t16-,17+,18-;/m0./s1. The fourth-order valence-electron chi connectivity index (χ4n) is 4.21. The van der Waals surface area contributed by atoms with Crippen molar-refractivity contribution in [1.82, 2.24) is 14.8 Å². The van der Waals surface area contributed by atoms with Gasteiger partial charge in [-0.15, -0.1) is 0 Å². The molecule has 174 valence electrons. The second kappa shape index (κ2) is 10.4. The van der Waals surface area contributed by atoms with Crippen LogP contribution in [-0.2, 0) is 16.1 Å². The molecule has 2 aromatic heterocycles. The van der Waals surface area contributed by atoms with Crippen molar-refractivity contribution in [2.24, 2.45) is 5.92 Å². The molecular weight excluding hydrogens is 447 g/mol. The van der Waals surface area contributed by atoms with Crippen LogP contribution in [0.5, 0.6) is 0 Å². The first-order chi connectivity index (χ1) is 15.2. The first-order valence-corrected chi connectivity index (χ1v) is 10.9. The van der Waals surface area contributed by atoms with Crippen molar-refractivity contribution in [2.75, 3.05) is 26.7 Å². The van der Waals surface area contributed by atoms with E-state index in [1.807, 2.05) is 29.1 Å². The number of carboxylic acid groups (broad SMARTS) is 1. The van der Waals surface area contributed by atoms with E-state index in [-0.39, 0.29) is 18.1 Å². The summed E-state index contributed by atoms with van der Waals surface area (Å²) in [7, 11) is 1.79. The highest BCUT2D eigenvalue weighted by molar-refractivity contribution is 7.08. The first kappa shape index (κ1) is 24.1. The van der Waals surface area contributed by atoms with Gasteiger partial charge in [-0.05, 0) is 29.5 Å². The SMILES string of the molecule is CO[C@H]1CCN(C(=O)c2ccsc2)[C@@H]2CN(Cc3cccnc3)C[C@H]12.O=C(O)C(F)(F)F. The Labute approximate surface area is 187 Å². The minimum absolute atomic E-state index is 0.161. The van der Waals surface area contributed by atoms with E-state index in [1.165, 1.54) is 5.56 Å². The number of hydrogen-bond donors (Lipinski definition) is 1. The molecule has 2 aliphatic heterocycles. The Hall–Kier alpha value is -2.50. The predicted molar refractivity (Wildman–Crippen MR) is 111 cm³/mol. The number of carboxylic acids is 1. The van der Waals surface area contributed by atoms with Crippen LogP contribution >= 0.6 is 11.3 Å². The summed E-state index contributed by atoms with van der Waals surface area (Å²) in [6.45, 7) is 3.51. The Balaban J connectivity index is 0.000000360. The van der Waals surface area contributed by atoms with Gasteiger partial charge >= 0.3 is 12.1 Å². The van der Waals surface area contributed by atoms with E-state index >= 15 is 0 Å². The van der Waals surface area contributed by atoms with Gasteiger partial charge in [-0.2, -0.15) is 24.5 Å². The molecule has 0 unspecified atom stereocenters. The predicted octanol–water partition coefficient (Wildman–Crippen LogP) is 3.14. The molecule has 0 aliphatic carbocycles. The summed E-state index contributed by atoms with van der Waals surface area (Å²) < 4.78 is 37.5. The Morgan fingerprint density at radius 3 is 2.62 bits per heavy atom. The van der Waals surface area contributed by atoms with E-state index in [1.54, 1.807) is 24.6 Å². The van der Waals surface area contributed by atoms with E-state index in [0.29, 0.717) is 5.92 Å². The van der Waals surface area contributed by atoms with Crippen LogP contribution in [0.2, 0.25) is 0 Å². The maximum absolute atomic E-state index is 12.9. The summed E-state index contributed by atoms with van der Waals surface area (Å²) in [5.41, 5.74) is 2.02. The molecule has 0 radical (unpaired) electrons. The lowest BCUT2D eigenvalue weighted by Gasteiger charge is -2.41. The maximum atomic E-state index is 12.9. The van der Waals surface area contributed by atoms with Gasteiger partial charge in [0.25, 0.3) is 5.91 Å². The van der Waals surface area contributed by atoms with E-state index < -0.39 is 12.1 Å². The van der Waals surface area contributed by atoms with Crippen molar-refractivity contribution in [3.8, 4) is 0 Å². The number of hydrogen-bond acceptors (Lipinski definition) is 6.